The number of aryl methyl sites for hydroxylation is 4. The summed E-state index contributed by atoms with van der Waals surface area (Å²) in [5.41, 5.74) is 2.78. The number of fused-ring (bicyclic) bond motifs is 1. The summed E-state index contributed by atoms with van der Waals surface area (Å²) in [5, 5.41) is 4.97. The highest BCUT2D eigenvalue weighted by molar-refractivity contribution is 7.12. The summed E-state index contributed by atoms with van der Waals surface area (Å²) >= 11 is 3.82. The van der Waals surface area contributed by atoms with Gasteiger partial charge in [-0.1, -0.05) is 6.92 Å². The Hall–Kier alpha value is -0.710. The minimum atomic E-state index is 0.287. The van der Waals surface area contributed by atoms with Gasteiger partial charge in [0.05, 0.1) is 11.7 Å². The standard InChI is InChI=1S/C16H22N2S2/c1-4-8-17-15(12-9-10(2)19-11(12)3)16-18-13-6-5-7-14(13)20-16/h9,15,17H,4-8H2,1-3H3. The average molecular weight is 306 g/mol. The lowest BCUT2D eigenvalue weighted by molar-refractivity contribution is 0.594. The summed E-state index contributed by atoms with van der Waals surface area (Å²) in [6.07, 6.45) is 4.85. The molecule has 0 saturated carbocycles. The van der Waals surface area contributed by atoms with Crippen LogP contribution in [0.4, 0.5) is 0 Å². The van der Waals surface area contributed by atoms with E-state index in [4.69, 9.17) is 4.98 Å². The summed E-state index contributed by atoms with van der Waals surface area (Å²) < 4.78 is 0. The second-order valence-corrected chi connectivity index (χ2v) is 8.11. The summed E-state index contributed by atoms with van der Waals surface area (Å²) in [6, 6.07) is 2.62. The van der Waals surface area contributed by atoms with Crippen LogP contribution in [0, 0.1) is 13.8 Å². The third kappa shape index (κ3) is 2.69. The largest absolute Gasteiger partial charge is 0.304 e. The van der Waals surface area contributed by atoms with Crippen LogP contribution in [0.15, 0.2) is 6.07 Å². The molecule has 2 heterocycles. The van der Waals surface area contributed by atoms with Crippen molar-refractivity contribution < 1.29 is 0 Å². The zero-order chi connectivity index (χ0) is 14.1. The molecule has 0 saturated heterocycles. The molecule has 4 heteroatoms. The van der Waals surface area contributed by atoms with Gasteiger partial charge in [0.2, 0.25) is 0 Å². The fourth-order valence-corrected chi connectivity index (χ4v) is 5.10. The van der Waals surface area contributed by atoms with Gasteiger partial charge in [0.25, 0.3) is 0 Å². The number of thiophene rings is 1. The first-order valence-electron chi connectivity index (χ1n) is 7.47. The van der Waals surface area contributed by atoms with Crippen LogP contribution in [0.2, 0.25) is 0 Å². The second kappa shape index (κ2) is 5.96. The highest BCUT2D eigenvalue weighted by atomic mass is 32.1. The predicted molar refractivity (Wildman–Crippen MR) is 88.1 cm³/mol. The van der Waals surface area contributed by atoms with Gasteiger partial charge in [-0.25, -0.2) is 4.98 Å². The summed E-state index contributed by atoms with van der Waals surface area (Å²) in [4.78, 5) is 9.27. The van der Waals surface area contributed by atoms with Crippen LogP contribution in [-0.2, 0) is 12.8 Å². The zero-order valence-corrected chi connectivity index (χ0v) is 14.1. The van der Waals surface area contributed by atoms with Gasteiger partial charge in [-0.3, -0.25) is 0 Å². The first kappa shape index (κ1) is 14.2. The first-order chi connectivity index (χ1) is 9.69. The van der Waals surface area contributed by atoms with Crippen molar-refractivity contribution in [3.05, 3.63) is 37.0 Å². The molecule has 0 spiro atoms. The van der Waals surface area contributed by atoms with Gasteiger partial charge in [-0.15, -0.1) is 22.7 Å². The second-order valence-electron chi connectivity index (χ2n) is 5.53. The van der Waals surface area contributed by atoms with Gasteiger partial charge in [0.15, 0.2) is 0 Å². The lowest BCUT2D eigenvalue weighted by atomic mass is 10.1. The highest BCUT2D eigenvalue weighted by Gasteiger charge is 2.24. The van der Waals surface area contributed by atoms with Crippen molar-refractivity contribution in [2.75, 3.05) is 6.54 Å². The Labute approximate surface area is 129 Å². The lowest BCUT2D eigenvalue weighted by Gasteiger charge is -2.16. The Morgan fingerprint density at radius 3 is 2.80 bits per heavy atom. The van der Waals surface area contributed by atoms with Gasteiger partial charge >= 0.3 is 0 Å². The topological polar surface area (TPSA) is 24.9 Å². The average Bonchev–Trinajstić information content (AvgIpc) is 3.05. The van der Waals surface area contributed by atoms with Crippen molar-refractivity contribution in [2.45, 2.75) is 52.5 Å². The van der Waals surface area contributed by atoms with E-state index >= 15 is 0 Å². The normalized spacial score (nSPS) is 15.6. The van der Waals surface area contributed by atoms with E-state index in [2.05, 4.69) is 32.2 Å². The summed E-state index contributed by atoms with van der Waals surface area (Å²) in [5.74, 6) is 0. The van der Waals surface area contributed by atoms with Crippen LogP contribution < -0.4 is 5.32 Å². The zero-order valence-electron chi connectivity index (χ0n) is 12.5. The van der Waals surface area contributed by atoms with E-state index in [0.717, 1.165) is 13.0 Å². The Morgan fingerprint density at radius 1 is 1.30 bits per heavy atom. The quantitative estimate of drug-likeness (QED) is 0.885. The van der Waals surface area contributed by atoms with E-state index in [1.54, 1.807) is 0 Å². The van der Waals surface area contributed by atoms with E-state index in [1.165, 1.54) is 50.2 Å². The molecule has 0 bridgehead atoms. The van der Waals surface area contributed by atoms with Crippen LogP contribution >= 0.6 is 22.7 Å². The minimum Gasteiger partial charge on any atom is -0.304 e. The maximum atomic E-state index is 4.93. The molecule has 0 aromatic carbocycles. The molecule has 0 amide bonds. The van der Waals surface area contributed by atoms with Crippen LogP contribution in [0.5, 0.6) is 0 Å². The van der Waals surface area contributed by atoms with Crippen LogP contribution in [0.3, 0.4) is 0 Å². The first-order valence-corrected chi connectivity index (χ1v) is 9.11. The van der Waals surface area contributed by atoms with Crippen LogP contribution in [-0.4, -0.2) is 11.5 Å². The van der Waals surface area contributed by atoms with Crippen molar-refractivity contribution in [1.82, 2.24) is 10.3 Å². The highest BCUT2D eigenvalue weighted by Crippen LogP contribution is 2.36. The number of aromatic nitrogens is 1. The Bertz CT molecular complexity index is 576. The van der Waals surface area contributed by atoms with Crippen molar-refractivity contribution >= 4 is 22.7 Å². The molecule has 2 aromatic heterocycles. The number of thiazole rings is 1. The predicted octanol–water partition coefficient (Wildman–Crippen LogP) is 4.40. The monoisotopic (exact) mass is 306 g/mol. The van der Waals surface area contributed by atoms with Crippen LogP contribution in [0.1, 0.15) is 56.7 Å². The molecule has 1 N–H and O–H groups in total. The summed E-state index contributed by atoms with van der Waals surface area (Å²) in [7, 11) is 0. The number of nitrogens with zero attached hydrogens (tertiary/aromatic N) is 1. The molecule has 2 aromatic rings. The number of rotatable bonds is 5. The lowest BCUT2D eigenvalue weighted by Crippen LogP contribution is -2.23. The van der Waals surface area contributed by atoms with Gasteiger partial charge < -0.3 is 5.32 Å². The van der Waals surface area contributed by atoms with Crippen molar-refractivity contribution in [3.63, 3.8) is 0 Å². The van der Waals surface area contributed by atoms with Crippen LogP contribution in [0.25, 0.3) is 0 Å². The van der Waals surface area contributed by atoms with Gasteiger partial charge in [-0.05, 0) is 57.7 Å². The molecule has 2 nitrogen and oxygen atoms in total. The fraction of sp³-hybridized carbons (Fsp3) is 0.562. The number of hydrogen-bond acceptors (Lipinski definition) is 4. The number of nitrogens with one attached hydrogen (secondary N) is 1. The molecule has 3 rings (SSSR count). The smallest absolute Gasteiger partial charge is 0.115 e. The molecular formula is C16H22N2S2. The molecule has 1 atom stereocenters. The van der Waals surface area contributed by atoms with E-state index < -0.39 is 0 Å². The molecule has 0 radical (unpaired) electrons. The Kier molecular flexibility index (Phi) is 4.24. The SMILES string of the molecule is CCCNC(c1nc2c(s1)CCC2)c1cc(C)sc1C. The van der Waals surface area contributed by atoms with Crippen molar-refractivity contribution in [3.8, 4) is 0 Å². The molecule has 1 aliphatic carbocycles. The third-order valence-corrected chi connectivity index (χ3v) is 6.05. The molecule has 108 valence electrons. The van der Waals surface area contributed by atoms with E-state index in [1.807, 2.05) is 22.7 Å². The molecule has 0 fully saturated rings. The molecule has 20 heavy (non-hydrogen) atoms. The maximum Gasteiger partial charge on any atom is 0.115 e. The van der Waals surface area contributed by atoms with Gasteiger partial charge in [-0.2, -0.15) is 0 Å². The fourth-order valence-electron chi connectivity index (χ4n) is 2.89. The van der Waals surface area contributed by atoms with Crippen molar-refractivity contribution in [2.24, 2.45) is 0 Å². The van der Waals surface area contributed by atoms with E-state index in [9.17, 15) is 0 Å². The van der Waals surface area contributed by atoms with Crippen molar-refractivity contribution in [1.29, 1.82) is 0 Å². The Morgan fingerprint density at radius 2 is 2.15 bits per heavy atom. The molecular weight excluding hydrogens is 284 g/mol. The summed E-state index contributed by atoms with van der Waals surface area (Å²) in [6.45, 7) is 7.69. The molecule has 0 aliphatic heterocycles. The van der Waals surface area contributed by atoms with Gasteiger partial charge in [0, 0.05) is 14.6 Å². The Balaban J connectivity index is 1.94. The number of hydrogen-bond donors (Lipinski definition) is 1. The van der Waals surface area contributed by atoms with E-state index in [-0.39, 0.29) is 6.04 Å². The van der Waals surface area contributed by atoms with E-state index in [0.29, 0.717) is 0 Å². The van der Waals surface area contributed by atoms with Gasteiger partial charge in [0.1, 0.15) is 5.01 Å². The minimum absolute atomic E-state index is 0.287. The molecule has 1 unspecified atom stereocenters. The molecule has 1 aliphatic rings. The maximum absolute atomic E-state index is 4.93. The third-order valence-electron chi connectivity index (χ3n) is 3.85.